The Kier molecular flexibility index (Phi) is 3.93. The average molecular weight is 363 g/mol. The lowest BCUT2D eigenvalue weighted by Crippen LogP contribution is -2.45. The summed E-state index contributed by atoms with van der Waals surface area (Å²) in [5.41, 5.74) is -0.0973. The minimum absolute atomic E-state index is 0.0237. The van der Waals surface area contributed by atoms with Crippen molar-refractivity contribution in [1.82, 2.24) is 14.8 Å². The molecule has 26 heavy (non-hydrogen) atoms. The van der Waals surface area contributed by atoms with Crippen LogP contribution >= 0.6 is 0 Å². The molecule has 3 fully saturated rings. The molecule has 1 heterocycles. The molecule has 1 aromatic carbocycles. The lowest BCUT2D eigenvalue weighted by molar-refractivity contribution is -0.137. The van der Waals surface area contributed by atoms with Crippen molar-refractivity contribution in [1.29, 1.82) is 0 Å². The van der Waals surface area contributed by atoms with Crippen molar-refractivity contribution in [2.45, 2.75) is 63.5 Å². The standard InChI is InChI=1S/C20H24F3N3/c1-3-18-8-11-19(12-9-18,13-10-18)17-25-24-16(26(17)2)14-6-4-5-7-15(14)20(21,22)23/h4-7H,3,8-13H2,1-2H3. The fourth-order valence-electron chi connectivity index (χ4n) is 5.08. The maximum atomic E-state index is 13.4. The fraction of sp³-hybridized carbons (Fsp3) is 0.600. The van der Waals surface area contributed by atoms with Gasteiger partial charge in [0, 0.05) is 18.0 Å². The van der Waals surface area contributed by atoms with E-state index in [0.717, 1.165) is 31.2 Å². The molecule has 0 saturated heterocycles. The van der Waals surface area contributed by atoms with Crippen LogP contribution in [0.25, 0.3) is 11.4 Å². The van der Waals surface area contributed by atoms with Gasteiger partial charge in [-0.1, -0.05) is 31.5 Å². The second kappa shape index (κ2) is 5.83. The monoisotopic (exact) mass is 363 g/mol. The van der Waals surface area contributed by atoms with Gasteiger partial charge in [0.2, 0.25) is 0 Å². The molecule has 3 nitrogen and oxygen atoms in total. The molecule has 2 aromatic rings. The van der Waals surface area contributed by atoms with E-state index in [0.29, 0.717) is 11.2 Å². The summed E-state index contributed by atoms with van der Waals surface area (Å²) in [6.45, 7) is 2.27. The summed E-state index contributed by atoms with van der Waals surface area (Å²) in [6.07, 6.45) is 3.55. The molecule has 0 aliphatic heterocycles. The number of benzene rings is 1. The van der Waals surface area contributed by atoms with Crippen LogP contribution in [0.5, 0.6) is 0 Å². The Morgan fingerprint density at radius 3 is 2.19 bits per heavy atom. The molecule has 5 rings (SSSR count). The number of fused-ring (bicyclic) bond motifs is 3. The Bertz CT molecular complexity index is 797. The molecule has 140 valence electrons. The molecular weight excluding hydrogens is 339 g/mol. The molecule has 3 aliphatic rings. The maximum Gasteiger partial charge on any atom is 0.417 e. The van der Waals surface area contributed by atoms with Crippen molar-refractivity contribution >= 4 is 0 Å². The minimum Gasteiger partial charge on any atom is -0.314 e. The number of nitrogens with zero attached hydrogens (tertiary/aromatic N) is 3. The fourth-order valence-corrected chi connectivity index (χ4v) is 5.08. The van der Waals surface area contributed by atoms with E-state index in [1.807, 2.05) is 7.05 Å². The first-order valence-electron chi connectivity index (χ1n) is 9.37. The summed E-state index contributed by atoms with van der Waals surface area (Å²) < 4.78 is 42.0. The summed E-state index contributed by atoms with van der Waals surface area (Å²) in [5, 5.41) is 8.60. The van der Waals surface area contributed by atoms with Gasteiger partial charge >= 0.3 is 6.18 Å². The predicted molar refractivity (Wildman–Crippen MR) is 93.5 cm³/mol. The normalized spacial score (nSPS) is 28.5. The lowest BCUT2D eigenvalue weighted by atomic mass is 9.52. The van der Waals surface area contributed by atoms with Crippen LogP contribution in [0.2, 0.25) is 0 Å². The van der Waals surface area contributed by atoms with Gasteiger partial charge in [0.05, 0.1) is 5.56 Å². The smallest absolute Gasteiger partial charge is 0.314 e. The van der Waals surface area contributed by atoms with Crippen LogP contribution in [0, 0.1) is 5.41 Å². The summed E-state index contributed by atoms with van der Waals surface area (Å²) in [7, 11) is 1.81. The van der Waals surface area contributed by atoms with Gasteiger partial charge in [-0.25, -0.2) is 0 Å². The second-order valence-corrected chi connectivity index (χ2v) is 8.08. The van der Waals surface area contributed by atoms with Crippen molar-refractivity contribution in [3.05, 3.63) is 35.7 Å². The number of alkyl halides is 3. The highest BCUT2D eigenvalue weighted by atomic mass is 19.4. The first kappa shape index (κ1) is 17.6. The second-order valence-electron chi connectivity index (χ2n) is 8.08. The maximum absolute atomic E-state index is 13.4. The topological polar surface area (TPSA) is 30.7 Å². The zero-order chi connectivity index (χ0) is 18.6. The molecule has 0 atom stereocenters. The molecule has 0 spiro atoms. The molecule has 2 bridgehead atoms. The summed E-state index contributed by atoms with van der Waals surface area (Å²) in [4.78, 5) is 0. The van der Waals surface area contributed by atoms with Gasteiger partial charge in [0.1, 0.15) is 5.82 Å². The first-order valence-corrected chi connectivity index (χ1v) is 9.37. The largest absolute Gasteiger partial charge is 0.417 e. The van der Waals surface area contributed by atoms with Crippen LogP contribution < -0.4 is 0 Å². The Hall–Kier alpha value is -1.85. The SMILES string of the molecule is CCC12CCC(c3nnc(-c4ccccc4C(F)(F)F)n3C)(CC1)CC2. The van der Waals surface area contributed by atoms with Gasteiger partial charge in [-0.15, -0.1) is 10.2 Å². The lowest BCUT2D eigenvalue weighted by Gasteiger charge is -2.52. The Labute approximate surface area is 151 Å². The molecule has 6 heteroatoms. The van der Waals surface area contributed by atoms with E-state index in [1.54, 1.807) is 10.6 Å². The van der Waals surface area contributed by atoms with Crippen molar-refractivity contribution in [2.24, 2.45) is 12.5 Å². The van der Waals surface area contributed by atoms with E-state index in [9.17, 15) is 13.2 Å². The van der Waals surface area contributed by atoms with E-state index in [2.05, 4.69) is 17.1 Å². The van der Waals surface area contributed by atoms with Gasteiger partial charge < -0.3 is 4.57 Å². The minimum atomic E-state index is -4.41. The van der Waals surface area contributed by atoms with E-state index < -0.39 is 11.7 Å². The van der Waals surface area contributed by atoms with Gasteiger partial charge in [0.15, 0.2) is 5.82 Å². The molecule has 1 aromatic heterocycles. The van der Waals surface area contributed by atoms with E-state index in [1.165, 1.54) is 37.8 Å². The van der Waals surface area contributed by atoms with Crippen molar-refractivity contribution in [2.75, 3.05) is 0 Å². The van der Waals surface area contributed by atoms with Gasteiger partial charge in [-0.3, -0.25) is 0 Å². The molecule has 3 saturated carbocycles. The molecule has 0 N–H and O–H groups in total. The van der Waals surface area contributed by atoms with Crippen LogP contribution in [0.3, 0.4) is 0 Å². The molecule has 3 aliphatic carbocycles. The molecular formula is C20H24F3N3. The molecule has 0 radical (unpaired) electrons. The number of aromatic nitrogens is 3. The number of hydrogen-bond donors (Lipinski definition) is 0. The summed E-state index contributed by atoms with van der Waals surface area (Å²) in [5.74, 6) is 1.16. The third-order valence-electron chi connectivity index (χ3n) is 6.97. The Morgan fingerprint density at radius 2 is 1.62 bits per heavy atom. The van der Waals surface area contributed by atoms with E-state index in [-0.39, 0.29) is 11.0 Å². The molecule has 0 unspecified atom stereocenters. The highest BCUT2D eigenvalue weighted by Gasteiger charge is 2.50. The summed E-state index contributed by atoms with van der Waals surface area (Å²) >= 11 is 0. The molecule has 0 amide bonds. The van der Waals surface area contributed by atoms with Gasteiger partial charge in [-0.2, -0.15) is 13.2 Å². The number of rotatable bonds is 3. The average Bonchev–Trinajstić information content (AvgIpc) is 3.04. The third-order valence-corrected chi connectivity index (χ3v) is 6.97. The highest BCUT2D eigenvalue weighted by Crippen LogP contribution is 2.58. The van der Waals surface area contributed by atoms with Crippen LogP contribution in [0.4, 0.5) is 13.2 Å². The van der Waals surface area contributed by atoms with Crippen LogP contribution in [-0.4, -0.2) is 14.8 Å². The Balaban J connectivity index is 1.74. The zero-order valence-corrected chi connectivity index (χ0v) is 15.2. The predicted octanol–water partition coefficient (Wildman–Crippen LogP) is 5.50. The van der Waals surface area contributed by atoms with Crippen molar-refractivity contribution in [3.63, 3.8) is 0 Å². The van der Waals surface area contributed by atoms with Crippen LogP contribution in [-0.2, 0) is 18.6 Å². The van der Waals surface area contributed by atoms with Gasteiger partial charge in [0.25, 0.3) is 0 Å². The third kappa shape index (κ3) is 2.57. The van der Waals surface area contributed by atoms with Crippen molar-refractivity contribution in [3.8, 4) is 11.4 Å². The number of halogens is 3. The van der Waals surface area contributed by atoms with E-state index in [4.69, 9.17) is 0 Å². The quantitative estimate of drug-likeness (QED) is 0.721. The van der Waals surface area contributed by atoms with E-state index >= 15 is 0 Å². The highest BCUT2D eigenvalue weighted by molar-refractivity contribution is 5.61. The summed E-state index contributed by atoms with van der Waals surface area (Å²) in [6, 6.07) is 5.62. The van der Waals surface area contributed by atoms with Crippen LogP contribution in [0.1, 0.15) is 63.3 Å². The van der Waals surface area contributed by atoms with Gasteiger partial charge in [-0.05, 0) is 50.0 Å². The zero-order valence-electron chi connectivity index (χ0n) is 15.2. The van der Waals surface area contributed by atoms with Crippen molar-refractivity contribution < 1.29 is 13.2 Å². The number of hydrogen-bond acceptors (Lipinski definition) is 2. The Morgan fingerprint density at radius 1 is 1.00 bits per heavy atom. The van der Waals surface area contributed by atoms with Crippen LogP contribution in [0.15, 0.2) is 24.3 Å². The first-order chi connectivity index (χ1) is 12.3.